The number of hydrogen-bond acceptors (Lipinski definition) is 6. The van der Waals surface area contributed by atoms with Gasteiger partial charge in [-0.05, 0) is 30.7 Å². The SMILES string of the molecule is COc1ccc(/C=C/C(=O)O[C@H](C)C(N)=O)cc1S(=O)(=O)N(C)C. The molecule has 0 aliphatic carbocycles. The highest BCUT2D eigenvalue weighted by molar-refractivity contribution is 7.89. The summed E-state index contributed by atoms with van der Waals surface area (Å²) in [6.45, 7) is 1.35. The van der Waals surface area contributed by atoms with Crippen LogP contribution in [0.3, 0.4) is 0 Å². The second-order valence-electron chi connectivity index (χ2n) is 5.01. The molecule has 1 aromatic carbocycles. The van der Waals surface area contributed by atoms with E-state index in [1.165, 1.54) is 46.3 Å². The fraction of sp³-hybridized carbons (Fsp3) is 0.333. The summed E-state index contributed by atoms with van der Waals surface area (Å²) in [6, 6.07) is 4.43. The first-order valence-electron chi connectivity index (χ1n) is 6.88. The maximum absolute atomic E-state index is 12.3. The van der Waals surface area contributed by atoms with Gasteiger partial charge in [0, 0.05) is 20.2 Å². The minimum Gasteiger partial charge on any atom is -0.495 e. The first kappa shape index (κ1) is 19.7. The third kappa shape index (κ3) is 4.80. The number of ether oxygens (including phenoxy) is 2. The van der Waals surface area contributed by atoms with Crippen LogP contribution in [0.15, 0.2) is 29.2 Å². The van der Waals surface area contributed by atoms with E-state index in [9.17, 15) is 18.0 Å². The zero-order valence-corrected chi connectivity index (χ0v) is 14.7. The molecule has 1 atom stereocenters. The molecule has 0 spiro atoms. The summed E-state index contributed by atoms with van der Waals surface area (Å²) < 4.78 is 35.5. The molecule has 0 aliphatic rings. The molecule has 0 heterocycles. The summed E-state index contributed by atoms with van der Waals surface area (Å²) in [4.78, 5) is 22.4. The van der Waals surface area contributed by atoms with Gasteiger partial charge in [-0.25, -0.2) is 17.5 Å². The van der Waals surface area contributed by atoms with Crippen LogP contribution in [-0.4, -0.2) is 51.9 Å². The van der Waals surface area contributed by atoms with Crippen molar-refractivity contribution in [1.82, 2.24) is 4.31 Å². The van der Waals surface area contributed by atoms with Gasteiger partial charge in [-0.3, -0.25) is 4.79 Å². The van der Waals surface area contributed by atoms with Crippen LogP contribution < -0.4 is 10.5 Å². The van der Waals surface area contributed by atoms with Crippen LogP contribution in [-0.2, 0) is 24.3 Å². The van der Waals surface area contributed by atoms with Gasteiger partial charge in [0.2, 0.25) is 10.0 Å². The van der Waals surface area contributed by atoms with Crippen molar-refractivity contribution in [3.05, 3.63) is 29.8 Å². The fourth-order valence-electron chi connectivity index (χ4n) is 1.63. The largest absolute Gasteiger partial charge is 0.495 e. The van der Waals surface area contributed by atoms with Crippen molar-refractivity contribution in [2.24, 2.45) is 5.73 Å². The predicted molar refractivity (Wildman–Crippen MR) is 87.6 cm³/mol. The Balaban J connectivity index is 3.09. The maximum Gasteiger partial charge on any atom is 0.331 e. The summed E-state index contributed by atoms with van der Waals surface area (Å²) in [7, 11) is 0.455. The molecular weight excluding hydrogens is 336 g/mol. The van der Waals surface area contributed by atoms with Crippen LogP contribution >= 0.6 is 0 Å². The highest BCUT2D eigenvalue weighted by atomic mass is 32.2. The Morgan fingerprint density at radius 2 is 1.92 bits per heavy atom. The monoisotopic (exact) mass is 356 g/mol. The number of benzene rings is 1. The Hall–Kier alpha value is -2.39. The lowest BCUT2D eigenvalue weighted by Gasteiger charge is -2.15. The molecule has 0 bridgehead atoms. The minimum absolute atomic E-state index is 0.0315. The number of sulfonamides is 1. The maximum atomic E-state index is 12.3. The Bertz CT molecular complexity index is 755. The molecule has 24 heavy (non-hydrogen) atoms. The number of nitrogens with zero attached hydrogens (tertiary/aromatic N) is 1. The zero-order valence-electron chi connectivity index (χ0n) is 13.8. The average molecular weight is 356 g/mol. The van der Waals surface area contributed by atoms with Crippen molar-refractivity contribution in [2.45, 2.75) is 17.9 Å². The molecule has 1 amide bonds. The summed E-state index contributed by atoms with van der Waals surface area (Å²) in [5.74, 6) is -1.35. The summed E-state index contributed by atoms with van der Waals surface area (Å²) in [5, 5.41) is 0. The van der Waals surface area contributed by atoms with Crippen LogP contribution in [0.1, 0.15) is 12.5 Å². The number of hydrogen-bond donors (Lipinski definition) is 1. The number of methoxy groups -OCH3 is 1. The van der Waals surface area contributed by atoms with Crippen molar-refractivity contribution in [3.8, 4) is 5.75 Å². The van der Waals surface area contributed by atoms with Gasteiger partial charge in [0.15, 0.2) is 6.10 Å². The van der Waals surface area contributed by atoms with E-state index in [4.69, 9.17) is 15.2 Å². The number of rotatable bonds is 7. The molecule has 1 rings (SSSR count). The normalized spacial score (nSPS) is 13.0. The lowest BCUT2D eigenvalue weighted by atomic mass is 10.2. The summed E-state index contributed by atoms with van der Waals surface area (Å²) in [6.07, 6.45) is 1.39. The van der Waals surface area contributed by atoms with Gasteiger partial charge in [0.25, 0.3) is 5.91 Å². The second kappa shape index (κ2) is 7.93. The van der Waals surface area contributed by atoms with E-state index >= 15 is 0 Å². The van der Waals surface area contributed by atoms with Crippen molar-refractivity contribution in [3.63, 3.8) is 0 Å². The molecule has 8 nitrogen and oxygen atoms in total. The first-order valence-corrected chi connectivity index (χ1v) is 8.32. The standard InChI is InChI=1S/C15H20N2O6S/c1-10(15(16)19)23-14(18)8-6-11-5-7-12(22-4)13(9-11)24(20,21)17(2)3/h5-10H,1-4H3,(H2,16,19)/b8-6+/t10-/m1/s1. The fourth-order valence-corrected chi connectivity index (χ4v) is 2.72. The third-order valence-electron chi connectivity index (χ3n) is 3.05. The van der Waals surface area contributed by atoms with Gasteiger partial charge in [-0.15, -0.1) is 0 Å². The first-order chi connectivity index (χ1) is 11.1. The molecule has 0 aromatic heterocycles. The smallest absolute Gasteiger partial charge is 0.331 e. The van der Waals surface area contributed by atoms with E-state index in [-0.39, 0.29) is 10.6 Å². The topological polar surface area (TPSA) is 116 Å². The average Bonchev–Trinajstić information content (AvgIpc) is 2.52. The van der Waals surface area contributed by atoms with Crippen LogP contribution in [0.4, 0.5) is 0 Å². The molecule has 0 unspecified atom stereocenters. The third-order valence-corrected chi connectivity index (χ3v) is 4.89. The van der Waals surface area contributed by atoms with E-state index in [2.05, 4.69) is 0 Å². The van der Waals surface area contributed by atoms with Crippen molar-refractivity contribution in [1.29, 1.82) is 0 Å². The Labute approximate surface area is 140 Å². The molecule has 0 radical (unpaired) electrons. The van der Waals surface area contributed by atoms with E-state index < -0.39 is 28.0 Å². The predicted octanol–water partition coefficient (Wildman–Crippen LogP) is 0.376. The molecule has 1 aromatic rings. The van der Waals surface area contributed by atoms with Crippen LogP contribution in [0.25, 0.3) is 6.08 Å². The minimum atomic E-state index is -3.71. The van der Waals surface area contributed by atoms with E-state index in [0.717, 1.165) is 10.4 Å². The van der Waals surface area contributed by atoms with E-state index in [0.29, 0.717) is 5.56 Å². The Morgan fingerprint density at radius 1 is 1.29 bits per heavy atom. The number of amides is 1. The highest BCUT2D eigenvalue weighted by Gasteiger charge is 2.22. The lowest BCUT2D eigenvalue weighted by molar-refractivity contribution is -0.148. The number of esters is 1. The zero-order chi connectivity index (χ0) is 18.5. The molecule has 0 aliphatic heterocycles. The number of primary amides is 1. The van der Waals surface area contributed by atoms with Gasteiger partial charge in [0.05, 0.1) is 7.11 Å². The molecular formula is C15H20N2O6S. The van der Waals surface area contributed by atoms with Crippen LogP contribution in [0.2, 0.25) is 0 Å². The van der Waals surface area contributed by atoms with E-state index in [1.54, 1.807) is 6.07 Å². The Morgan fingerprint density at radius 3 is 2.42 bits per heavy atom. The van der Waals surface area contributed by atoms with E-state index in [1.807, 2.05) is 0 Å². The van der Waals surface area contributed by atoms with Crippen LogP contribution in [0.5, 0.6) is 5.75 Å². The van der Waals surface area contributed by atoms with Crippen molar-refractivity contribution >= 4 is 28.0 Å². The second-order valence-corrected chi connectivity index (χ2v) is 7.13. The van der Waals surface area contributed by atoms with Crippen molar-refractivity contribution < 1.29 is 27.5 Å². The van der Waals surface area contributed by atoms with Gasteiger partial charge >= 0.3 is 5.97 Å². The molecule has 0 saturated carbocycles. The molecule has 132 valence electrons. The molecule has 0 fully saturated rings. The quantitative estimate of drug-likeness (QED) is 0.557. The Kier molecular flexibility index (Phi) is 6.50. The molecule has 2 N–H and O–H groups in total. The van der Waals surface area contributed by atoms with Gasteiger partial charge in [0.1, 0.15) is 10.6 Å². The number of carbonyl (C=O) groups is 2. The summed E-state index contributed by atoms with van der Waals surface area (Å²) >= 11 is 0. The van der Waals surface area contributed by atoms with Gasteiger partial charge < -0.3 is 15.2 Å². The molecule has 9 heteroatoms. The molecule has 0 saturated heterocycles. The van der Waals surface area contributed by atoms with Gasteiger partial charge in [-0.1, -0.05) is 6.07 Å². The number of carbonyl (C=O) groups excluding carboxylic acids is 2. The van der Waals surface area contributed by atoms with Crippen molar-refractivity contribution in [2.75, 3.05) is 21.2 Å². The summed E-state index contributed by atoms with van der Waals surface area (Å²) in [5.41, 5.74) is 5.44. The van der Waals surface area contributed by atoms with Crippen LogP contribution in [0, 0.1) is 0 Å². The van der Waals surface area contributed by atoms with Gasteiger partial charge in [-0.2, -0.15) is 0 Å². The highest BCUT2D eigenvalue weighted by Crippen LogP contribution is 2.27. The number of nitrogens with two attached hydrogens (primary N) is 1. The lowest BCUT2D eigenvalue weighted by Crippen LogP contribution is -2.29.